The van der Waals surface area contributed by atoms with E-state index in [1.54, 1.807) is 0 Å². The van der Waals surface area contributed by atoms with Crippen LogP contribution in [0.15, 0.2) is 0 Å². The number of carbonyl (C=O) groups excluding carboxylic acids is 1. The molecule has 1 unspecified atom stereocenters. The maximum Gasteiger partial charge on any atom is 0.237 e. The fourth-order valence-corrected chi connectivity index (χ4v) is 2.84. The second-order valence-corrected chi connectivity index (χ2v) is 6.27. The molecular weight excluding hydrogens is 244 g/mol. The molecule has 0 saturated heterocycles. The van der Waals surface area contributed by atoms with Gasteiger partial charge >= 0.3 is 0 Å². The van der Waals surface area contributed by atoms with Crippen molar-refractivity contribution in [2.75, 3.05) is 18.1 Å². The lowest BCUT2D eigenvalue weighted by atomic mass is 9.94. The number of amides is 1. The molecule has 3 N–H and O–H groups in total. The first kappa shape index (κ1) is 17.8. The van der Waals surface area contributed by atoms with Crippen LogP contribution in [0.2, 0.25) is 0 Å². The second kappa shape index (κ2) is 10.7. The summed E-state index contributed by atoms with van der Waals surface area (Å²) >= 11 is 2.02. The minimum Gasteiger partial charge on any atom is -0.368 e. The highest BCUT2D eigenvalue weighted by Gasteiger charge is 2.29. The molecule has 0 aromatic carbocycles. The molecule has 0 aromatic rings. The summed E-state index contributed by atoms with van der Waals surface area (Å²) in [5, 5.41) is 3.28. The Morgan fingerprint density at radius 1 is 1.17 bits per heavy atom. The van der Waals surface area contributed by atoms with Crippen LogP contribution in [0.25, 0.3) is 0 Å². The summed E-state index contributed by atoms with van der Waals surface area (Å²) in [6, 6.07) is 0. The lowest BCUT2D eigenvalue weighted by Gasteiger charge is -2.27. The number of rotatable bonds is 12. The van der Waals surface area contributed by atoms with Gasteiger partial charge in [0.1, 0.15) is 0 Å². The van der Waals surface area contributed by atoms with Crippen LogP contribution in [0.1, 0.15) is 59.3 Å². The minimum absolute atomic E-state index is 0.227. The van der Waals surface area contributed by atoms with Crippen LogP contribution in [0.3, 0.4) is 0 Å². The van der Waals surface area contributed by atoms with Gasteiger partial charge in [0.15, 0.2) is 0 Å². The normalized spacial score (nSPS) is 14.4. The third-order valence-electron chi connectivity index (χ3n) is 3.17. The fourth-order valence-electron chi connectivity index (χ4n) is 1.73. The molecule has 1 amide bonds. The molecule has 0 saturated carbocycles. The molecule has 18 heavy (non-hydrogen) atoms. The van der Waals surface area contributed by atoms with Gasteiger partial charge in [-0.05, 0) is 50.7 Å². The number of nitrogens with one attached hydrogen (secondary N) is 1. The summed E-state index contributed by atoms with van der Waals surface area (Å²) < 4.78 is 0. The van der Waals surface area contributed by atoms with E-state index in [1.165, 1.54) is 30.8 Å². The third-order valence-corrected chi connectivity index (χ3v) is 4.32. The van der Waals surface area contributed by atoms with Crippen molar-refractivity contribution < 1.29 is 4.79 Å². The van der Waals surface area contributed by atoms with Crippen molar-refractivity contribution in [2.24, 2.45) is 5.73 Å². The standard InChI is InChI=1S/C14H30N2OS/c1-4-6-11-18-12-8-7-9-14(3,13(15)17)16-10-5-2/h16H,4-12H2,1-3H3,(H2,15,17). The molecule has 0 radical (unpaired) electrons. The van der Waals surface area contributed by atoms with Crippen LogP contribution in [0.5, 0.6) is 0 Å². The average Bonchev–Trinajstić information content (AvgIpc) is 2.35. The molecule has 3 nitrogen and oxygen atoms in total. The van der Waals surface area contributed by atoms with E-state index in [1.807, 2.05) is 18.7 Å². The minimum atomic E-state index is -0.524. The van der Waals surface area contributed by atoms with Crippen molar-refractivity contribution in [1.29, 1.82) is 0 Å². The van der Waals surface area contributed by atoms with Gasteiger partial charge in [-0.25, -0.2) is 0 Å². The molecule has 0 aliphatic rings. The van der Waals surface area contributed by atoms with E-state index in [9.17, 15) is 4.79 Å². The smallest absolute Gasteiger partial charge is 0.237 e. The van der Waals surface area contributed by atoms with Gasteiger partial charge in [0.2, 0.25) is 5.91 Å². The van der Waals surface area contributed by atoms with Gasteiger partial charge in [0, 0.05) is 0 Å². The number of nitrogens with two attached hydrogens (primary N) is 1. The summed E-state index contributed by atoms with van der Waals surface area (Å²) in [4.78, 5) is 11.5. The van der Waals surface area contributed by atoms with Gasteiger partial charge < -0.3 is 11.1 Å². The number of thioether (sulfide) groups is 1. The molecular formula is C14H30N2OS. The highest BCUT2D eigenvalue weighted by Crippen LogP contribution is 2.16. The Morgan fingerprint density at radius 2 is 1.83 bits per heavy atom. The maximum atomic E-state index is 11.5. The number of hydrogen-bond donors (Lipinski definition) is 2. The summed E-state index contributed by atoms with van der Waals surface area (Å²) in [5.74, 6) is 2.23. The number of primary amides is 1. The van der Waals surface area contributed by atoms with Crippen LogP contribution < -0.4 is 11.1 Å². The van der Waals surface area contributed by atoms with Crippen LogP contribution in [-0.4, -0.2) is 29.5 Å². The van der Waals surface area contributed by atoms with Gasteiger partial charge in [-0.3, -0.25) is 4.79 Å². The zero-order chi connectivity index (χ0) is 13.9. The van der Waals surface area contributed by atoms with E-state index in [4.69, 9.17) is 5.73 Å². The lowest BCUT2D eigenvalue weighted by molar-refractivity contribution is -0.124. The lowest BCUT2D eigenvalue weighted by Crippen LogP contribution is -2.53. The van der Waals surface area contributed by atoms with Crippen molar-refractivity contribution >= 4 is 17.7 Å². The monoisotopic (exact) mass is 274 g/mol. The van der Waals surface area contributed by atoms with Crippen LogP contribution in [0.4, 0.5) is 0 Å². The summed E-state index contributed by atoms with van der Waals surface area (Å²) in [6.45, 7) is 7.09. The van der Waals surface area contributed by atoms with Gasteiger partial charge in [-0.15, -0.1) is 0 Å². The van der Waals surface area contributed by atoms with Crippen LogP contribution in [0, 0.1) is 0 Å². The van der Waals surface area contributed by atoms with Crippen LogP contribution >= 0.6 is 11.8 Å². The highest BCUT2D eigenvalue weighted by molar-refractivity contribution is 7.99. The number of carbonyl (C=O) groups is 1. The Morgan fingerprint density at radius 3 is 2.39 bits per heavy atom. The molecule has 0 spiro atoms. The van der Waals surface area contributed by atoms with E-state index in [-0.39, 0.29) is 5.91 Å². The maximum absolute atomic E-state index is 11.5. The van der Waals surface area contributed by atoms with Crippen molar-refractivity contribution in [2.45, 2.75) is 64.8 Å². The zero-order valence-electron chi connectivity index (χ0n) is 12.3. The van der Waals surface area contributed by atoms with Crippen molar-refractivity contribution in [3.8, 4) is 0 Å². The molecule has 4 heteroatoms. The summed E-state index contributed by atoms with van der Waals surface area (Å²) in [6.07, 6.45) is 6.68. The number of unbranched alkanes of at least 4 members (excludes halogenated alkanes) is 2. The topological polar surface area (TPSA) is 55.1 Å². The SMILES string of the molecule is CCCCSCCCCC(C)(NCCC)C(N)=O. The van der Waals surface area contributed by atoms with E-state index >= 15 is 0 Å². The molecule has 0 fully saturated rings. The Bertz CT molecular complexity index is 224. The Labute approximate surface area is 117 Å². The summed E-state index contributed by atoms with van der Waals surface area (Å²) in [5.41, 5.74) is 4.96. The number of hydrogen-bond acceptors (Lipinski definition) is 3. The summed E-state index contributed by atoms with van der Waals surface area (Å²) in [7, 11) is 0. The predicted molar refractivity (Wildman–Crippen MR) is 82.0 cm³/mol. The quantitative estimate of drug-likeness (QED) is 0.538. The first-order chi connectivity index (χ1) is 8.56. The molecule has 0 heterocycles. The largest absolute Gasteiger partial charge is 0.368 e. The molecule has 0 bridgehead atoms. The van der Waals surface area contributed by atoms with Crippen molar-refractivity contribution in [1.82, 2.24) is 5.32 Å². The van der Waals surface area contributed by atoms with Gasteiger partial charge in [0.25, 0.3) is 0 Å². The molecule has 0 aromatic heterocycles. The van der Waals surface area contributed by atoms with Crippen molar-refractivity contribution in [3.63, 3.8) is 0 Å². The van der Waals surface area contributed by atoms with E-state index < -0.39 is 5.54 Å². The van der Waals surface area contributed by atoms with Gasteiger partial charge in [0.05, 0.1) is 5.54 Å². The van der Waals surface area contributed by atoms with E-state index in [0.29, 0.717) is 0 Å². The van der Waals surface area contributed by atoms with E-state index in [2.05, 4.69) is 19.2 Å². The zero-order valence-corrected chi connectivity index (χ0v) is 13.1. The second-order valence-electron chi connectivity index (χ2n) is 5.05. The first-order valence-electron chi connectivity index (χ1n) is 7.19. The molecule has 0 rings (SSSR count). The Balaban J connectivity index is 3.73. The first-order valence-corrected chi connectivity index (χ1v) is 8.35. The molecule has 108 valence electrons. The van der Waals surface area contributed by atoms with Gasteiger partial charge in [-0.2, -0.15) is 11.8 Å². The molecule has 1 atom stereocenters. The van der Waals surface area contributed by atoms with Crippen molar-refractivity contribution in [3.05, 3.63) is 0 Å². The molecule has 0 aliphatic heterocycles. The highest BCUT2D eigenvalue weighted by atomic mass is 32.2. The Hall–Kier alpha value is -0.220. The third kappa shape index (κ3) is 7.98. The van der Waals surface area contributed by atoms with Gasteiger partial charge in [-0.1, -0.05) is 26.7 Å². The van der Waals surface area contributed by atoms with Crippen LogP contribution in [-0.2, 0) is 4.79 Å². The average molecular weight is 274 g/mol. The van der Waals surface area contributed by atoms with E-state index in [0.717, 1.165) is 25.8 Å². The molecule has 0 aliphatic carbocycles. The Kier molecular flexibility index (Phi) is 10.5. The fraction of sp³-hybridized carbons (Fsp3) is 0.929. The predicted octanol–water partition coefficient (Wildman–Crippen LogP) is 2.93.